The number of hydrogen-bond donors (Lipinski definition) is 2. The summed E-state index contributed by atoms with van der Waals surface area (Å²) in [5.41, 5.74) is 6.98. The van der Waals surface area contributed by atoms with Crippen molar-refractivity contribution in [3.05, 3.63) is 21.9 Å². The summed E-state index contributed by atoms with van der Waals surface area (Å²) in [5.74, 6) is 0.286. The second-order valence-electron chi connectivity index (χ2n) is 3.79. The number of hydrogen-bond acceptors (Lipinski definition) is 4. The largest absolute Gasteiger partial charge is 0.409 e. The van der Waals surface area contributed by atoms with Crippen LogP contribution in [0.3, 0.4) is 0 Å². The fraction of sp³-hybridized carbons (Fsp3) is 0.500. The second-order valence-corrected chi connectivity index (χ2v) is 4.79. The lowest BCUT2D eigenvalue weighted by Crippen LogP contribution is -2.44. The summed E-state index contributed by atoms with van der Waals surface area (Å²) < 4.78 is 0. The van der Waals surface area contributed by atoms with E-state index in [9.17, 15) is 0 Å². The van der Waals surface area contributed by atoms with Gasteiger partial charge in [0.05, 0.1) is 6.04 Å². The molecule has 0 fully saturated rings. The molecule has 1 unspecified atom stereocenters. The third-order valence-corrected chi connectivity index (χ3v) is 3.95. The van der Waals surface area contributed by atoms with Crippen molar-refractivity contribution in [2.75, 3.05) is 6.54 Å². The van der Waals surface area contributed by atoms with Gasteiger partial charge in [-0.25, -0.2) is 0 Å². The lowest BCUT2D eigenvalue weighted by Gasteiger charge is -2.31. The summed E-state index contributed by atoms with van der Waals surface area (Å²) in [6.07, 6.45) is 1.07. The Morgan fingerprint density at radius 3 is 3.27 bits per heavy atom. The molecule has 0 spiro atoms. The maximum Gasteiger partial charge on any atom is 0.156 e. The van der Waals surface area contributed by atoms with Crippen molar-refractivity contribution in [2.45, 2.75) is 25.9 Å². The van der Waals surface area contributed by atoms with Crippen LogP contribution in [0.5, 0.6) is 0 Å². The van der Waals surface area contributed by atoms with Gasteiger partial charge in [-0.2, -0.15) is 0 Å². The van der Waals surface area contributed by atoms with Gasteiger partial charge in [0.25, 0.3) is 0 Å². The molecule has 82 valence electrons. The van der Waals surface area contributed by atoms with Gasteiger partial charge >= 0.3 is 0 Å². The van der Waals surface area contributed by atoms with Crippen LogP contribution in [0.15, 0.2) is 16.6 Å². The molecule has 15 heavy (non-hydrogen) atoms. The van der Waals surface area contributed by atoms with Gasteiger partial charge in [0.2, 0.25) is 0 Å². The van der Waals surface area contributed by atoms with Crippen molar-refractivity contribution >= 4 is 17.2 Å². The van der Waals surface area contributed by atoms with Crippen LogP contribution in [0.25, 0.3) is 0 Å². The molecule has 1 atom stereocenters. The molecule has 0 amide bonds. The third-order valence-electron chi connectivity index (χ3n) is 2.93. The van der Waals surface area contributed by atoms with E-state index in [0.717, 1.165) is 19.5 Å². The van der Waals surface area contributed by atoms with Crippen molar-refractivity contribution in [3.8, 4) is 0 Å². The maximum absolute atomic E-state index is 8.63. The van der Waals surface area contributed by atoms with Crippen LogP contribution >= 0.6 is 11.3 Å². The van der Waals surface area contributed by atoms with Crippen LogP contribution in [-0.4, -0.2) is 28.5 Å². The Labute approximate surface area is 93.0 Å². The quantitative estimate of drug-likeness (QED) is 0.344. The molecule has 0 aliphatic carbocycles. The Bertz CT molecular complexity index is 374. The highest BCUT2D eigenvalue weighted by Gasteiger charge is 2.23. The molecule has 2 heterocycles. The summed E-state index contributed by atoms with van der Waals surface area (Å²) in [7, 11) is 0. The normalized spacial score (nSPS) is 19.9. The number of amidine groups is 1. The number of oxime groups is 1. The predicted molar refractivity (Wildman–Crippen MR) is 61.3 cm³/mol. The van der Waals surface area contributed by atoms with E-state index in [1.165, 1.54) is 10.4 Å². The molecule has 1 aliphatic heterocycles. The molecular weight excluding hydrogens is 210 g/mol. The van der Waals surface area contributed by atoms with E-state index in [1.807, 2.05) is 18.3 Å². The highest BCUT2D eigenvalue weighted by molar-refractivity contribution is 7.10. The maximum atomic E-state index is 8.63. The summed E-state index contributed by atoms with van der Waals surface area (Å²) >= 11 is 1.82. The first kappa shape index (κ1) is 10.4. The molecule has 1 aromatic heterocycles. The Morgan fingerprint density at radius 2 is 2.53 bits per heavy atom. The molecule has 1 aromatic rings. The molecule has 2 rings (SSSR count). The molecule has 0 saturated carbocycles. The van der Waals surface area contributed by atoms with Gasteiger partial charge in [0.1, 0.15) is 0 Å². The summed E-state index contributed by atoms with van der Waals surface area (Å²) in [6.45, 7) is 3.84. The van der Waals surface area contributed by atoms with Gasteiger partial charge in [-0.05, 0) is 30.4 Å². The Kier molecular flexibility index (Phi) is 2.93. The molecule has 3 N–H and O–H groups in total. The van der Waals surface area contributed by atoms with Crippen LogP contribution in [0, 0.1) is 0 Å². The Morgan fingerprint density at radius 1 is 1.73 bits per heavy atom. The fourth-order valence-corrected chi connectivity index (χ4v) is 2.76. The number of fused-ring (bicyclic) bond motifs is 1. The molecular formula is C10H15N3OS. The predicted octanol–water partition coefficient (Wildman–Crippen LogP) is 1.24. The number of rotatable bonds is 2. The molecule has 0 bridgehead atoms. The third kappa shape index (κ3) is 1.98. The van der Waals surface area contributed by atoms with Crippen molar-refractivity contribution in [2.24, 2.45) is 10.9 Å². The van der Waals surface area contributed by atoms with Crippen LogP contribution in [0.4, 0.5) is 0 Å². The summed E-state index contributed by atoms with van der Waals surface area (Å²) in [5, 5.41) is 13.8. The average Bonchev–Trinajstić information content (AvgIpc) is 2.73. The van der Waals surface area contributed by atoms with Crippen LogP contribution in [-0.2, 0) is 13.0 Å². The van der Waals surface area contributed by atoms with Crippen molar-refractivity contribution < 1.29 is 5.21 Å². The fourth-order valence-electron chi connectivity index (χ4n) is 1.87. The second kappa shape index (κ2) is 4.20. The van der Waals surface area contributed by atoms with E-state index < -0.39 is 0 Å². The summed E-state index contributed by atoms with van der Waals surface area (Å²) in [6, 6.07) is 2.16. The minimum absolute atomic E-state index is 0.00282. The van der Waals surface area contributed by atoms with Gasteiger partial charge in [0, 0.05) is 18.0 Å². The SMILES string of the molecule is CC(C(N)=NO)N1CCc2sccc2C1. The molecule has 0 radical (unpaired) electrons. The van der Waals surface area contributed by atoms with E-state index in [1.54, 1.807) is 0 Å². The lowest BCUT2D eigenvalue weighted by molar-refractivity contribution is 0.227. The minimum Gasteiger partial charge on any atom is -0.409 e. The van der Waals surface area contributed by atoms with Gasteiger partial charge in [0.15, 0.2) is 5.84 Å². The molecule has 1 aliphatic rings. The van der Waals surface area contributed by atoms with Crippen LogP contribution in [0.2, 0.25) is 0 Å². The lowest BCUT2D eigenvalue weighted by atomic mass is 10.1. The monoisotopic (exact) mass is 225 g/mol. The zero-order valence-electron chi connectivity index (χ0n) is 8.68. The van der Waals surface area contributed by atoms with Crippen molar-refractivity contribution in [1.29, 1.82) is 0 Å². The smallest absolute Gasteiger partial charge is 0.156 e. The minimum atomic E-state index is 0.00282. The zero-order chi connectivity index (χ0) is 10.8. The van der Waals surface area contributed by atoms with Crippen LogP contribution < -0.4 is 5.73 Å². The standard InChI is InChI=1S/C10H15N3OS/c1-7(10(11)12-14)13-4-2-9-8(6-13)3-5-15-9/h3,5,7,14H,2,4,6H2,1H3,(H2,11,12). The van der Waals surface area contributed by atoms with Crippen molar-refractivity contribution in [1.82, 2.24) is 4.90 Å². The first-order valence-electron chi connectivity index (χ1n) is 4.99. The molecule has 5 heteroatoms. The highest BCUT2D eigenvalue weighted by atomic mass is 32.1. The highest BCUT2D eigenvalue weighted by Crippen LogP contribution is 2.24. The van der Waals surface area contributed by atoms with E-state index in [-0.39, 0.29) is 11.9 Å². The number of nitrogens with zero attached hydrogens (tertiary/aromatic N) is 2. The van der Waals surface area contributed by atoms with E-state index in [4.69, 9.17) is 10.9 Å². The van der Waals surface area contributed by atoms with Gasteiger partial charge in [-0.15, -0.1) is 11.3 Å². The van der Waals surface area contributed by atoms with Crippen LogP contribution in [0.1, 0.15) is 17.4 Å². The summed E-state index contributed by atoms with van der Waals surface area (Å²) in [4.78, 5) is 3.70. The zero-order valence-corrected chi connectivity index (χ0v) is 9.50. The average molecular weight is 225 g/mol. The Balaban J connectivity index is 2.10. The number of thiophene rings is 1. The first-order chi connectivity index (χ1) is 7.22. The Hall–Kier alpha value is -1.07. The van der Waals surface area contributed by atoms with E-state index in [2.05, 4.69) is 21.5 Å². The van der Waals surface area contributed by atoms with E-state index in [0.29, 0.717) is 0 Å². The van der Waals surface area contributed by atoms with Gasteiger partial charge < -0.3 is 10.9 Å². The molecule has 4 nitrogen and oxygen atoms in total. The number of nitrogens with two attached hydrogens (primary N) is 1. The van der Waals surface area contributed by atoms with Crippen molar-refractivity contribution in [3.63, 3.8) is 0 Å². The van der Waals surface area contributed by atoms with E-state index >= 15 is 0 Å². The molecule has 0 saturated heterocycles. The van der Waals surface area contributed by atoms with Gasteiger partial charge in [-0.3, -0.25) is 4.90 Å². The topological polar surface area (TPSA) is 61.9 Å². The van der Waals surface area contributed by atoms with Gasteiger partial charge in [-0.1, -0.05) is 5.16 Å². The molecule has 0 aromatic carbocycles. The first-order valence-corrected chi connectivity index (χ1v) is 5.87.